The van der Waals surface area contributed by atoms with Crippen LogP contribution in [0.2, 0.25) is 0 Å². The van der Waals surface area contributed by atoms with Gasteiger partial charge in [-0.05, 0) is 67.7 Å². The normalized spacial score (nSPS) is 24.7. The Hall–Kier alpha value is -1.01. The molecule has 0 aromatic carbocycles. The molecule has 1 amide bonds. The molecule has 0 bridgehead atoms. The molecule has 1 aliphatic heterocycles. The van der Waals surface area contributed by atoms with Crippen LogP contribution in [0, 0.1) is 0 Å². The zero-order valence-electron chi connectivity index (χ0n) is 15.5. The summed E-state index contributed by atoms with van der Waals surface area (Å²) in [5.74, 6) is 1.94. The van der Waals surface area contributed by atoms with E-state index in [1.54, 1.807) is 0 Å². The molecular weight excluding hydrogens is 293 g/mol. The van der Waals surface area contributed by atoms with E-state index in [1.165, 1.54) is 0 Å². The van der Waals surface area contributed by atoms with Gasteiger partial charge in [0.15, 0.2) is 0 Å². The van der Waals surface area contributed by atoms with Crippen LogP contribution in [0.3, 0.4) is 0 Å². The van der Waals surface area contributed by atoms with E-state index in [9.17, 15) is 4.79 Å². The van der Waals surface area contributed by atoms with Crippen molar-refractivity contribution in [2.75, 3.05) is 0 Å². The first-order valence-electron chi connectivity index (χ1n) is 8.38. The van der Waals surface area contributed by atoms with E-state index in [-0.39, 0.29) is 30.0 Å². The molecule has 2 aliphatic rings. The predicted molar refractivity (Wildman–Crippen MR) is 91.2 cm³/mol. The van der Waals surface area contributed by atoms with Crippen LogP contribution in [0.4, 0.5) is 4.79 Å². The minimum atomic E-state index is -0.474. The van der Waals surface area contributed by atoms with Crippen molar-refractivity contribution in [3.63, 3.8) is 0 Å². The molecule has 0 atom stereocenters. The second-order valence-corrected chi connectivity index (χ2v) is 8.66. The Morgan fingerprint density at radius 1 is 1.17 bits per heavy atom. The summed E-state index contributed by atoms with van der Waals surface area (Å²) in [6.07, 6.45) is 4.39. The predicted octanol–water partition coefficient (Wildman–Crippen LogP) is 3.62. The summed E-state index contributed by atoms with van der Waals surface area (Å²) in [6.45, 7) is 13.7. The average molecular weight is 323 g/mol. The van der Waals surface area contributed by atoms with E-state index >= 15 is 0 Å². The van der Waals surface area contributed by atoms with E-state index in [0.717, 1.165) is 19.3 Å². The third kappa shape index (κ3) is 4.74. The molecule has 130 valence electrons. The van der Waals surface area contributed by atoms with Crippen LogP contribution in [0.5, 0.6) is 0 Å². The smallest absolute Gasteiger partial charge is 0.444 e. The van der Waals surface area contributed by atoms with Gasteiger partial charge in [-0.25, -0.2) is 4.79 Å². The largest absolute Gasteiger partial charge is 0.486 e. The molecule has 2 rings (SSSR count). The van der Waals surface area contributed by atoms with Crippen LogP contribution in [0.15, 0.2) is 12.1 Å². The second-order valence-electron chi connectivity index (χ2n) is 8.66. The molecule has 1 saturated heterocycles. The van der Waals surface area contributed by atoms with Crippen LogP contribution in [-0.4, -0.2) is 35.6 Å². The fourth-order valence-electron chi connectivity index (χ4n) is 2.42. The van der Waals surface area contributed by atoms with Gasteiger partial charge in [-0.15, -0.1) is 0 Å². The summed E-state index contributed by atoms with van der Waals surface area (Å²) in [4.78, 5) is 11.9. The summed E-state index contributed by atoms with van der Waals surface area (Å²) in [5, 5.41) is 2.99. The Morgan fingerprint density at radius 2 is 1.70 bits per heavy atom. The van der Waals surface area contributed by atoms with E-state index in [1.807, 2.05) is 60.5 Å². The maximum absolute atomic E-state index is 11.9. The summed E-state index contributed by atoms with van der Waals surface area (Å²) >= 11 is 0. The number of rotatable bonds is 4. The van der Waals surface area contributed by atoms with Crippen molar-refractivity contribution >= 4 is 13.2 Å². The third-order valence-corrected chi connectivity index (χ3v) is 4.69. The summed E-state index contributed by atoms with van der Waals surface area (Å²) in [7, 11) is -0.336. The first kappa shape index (κ1) is 18.3. The van der Waals surface area contributed by atoms with Gasteiger partial charge in [0.2, 0.25) is 0 Å². The Labute approximate surface area is 140 Å². The highest BCUT2D eigenvalue weighted by Crippen LogP contribution is 2.40. The second kappa shape index (κ2) is 5.81. The van der Waals surface area contributed by atoms with Gasteiger partial charge in [-0.2, -0.15) is 0 Å². The quantitative estimate of drug-likeness (QED) is 0.803. The lowest BCUT2D eigenvalue weighted by molar-refractivity contribution is 0.00578. The molecule has 0 unspecified atom stereocenters. The summed E-state index contributed by atoms with van der Waals surface area (Å²) < 4.78 is 17.2. The highest BCUT2D eigenvalue weighted by atomic mass is 16.7. The molecule has 1 aliphatic carbocycles. The topological polar surface area (TPSA) is 56.8 Å². The molecule has 1 heterocycles. The SMILES string of the molecule is CC(C)(C)OC(=O)NC1(C/C=C/B2OC(C)(C)C(C)(C)O2)CC1. The van der Waals surface area contributed by atoms with Gasteiger partial charge in [0, 0.05) is 5.54 Å². The van der Waals surface area contributed by atoms with E-state index in [0.29, 0.717) is 0 Å². The van der Waals surface area contributed by atoms with Crippen LogP contribution in [-0.2, 0) is 14.0 Å². The van der Waals surface area contributed by atoms with Crippen LogP contribution >= 0.6 is 0 Å². The molecular formula is C17H30BNO4. The molecule has 1 N–H and O–H groups in total. The molecule has 23 heavy (non-hydrogen) atoms. The summed E-state index contributed by atoms with van der Waals surface area (Å²) in [5.41, 5.74) is -1.29. The maximum atomic E-state index is 11.9. The fraction of sp³-hybridized carbons (Fsp3) is 0.824. The number of carbonyl (C=O) groups is 1. The monoisotopic (exact) mass is 323 g/mol. The molecule has 6 heteroatoms. The number of ether oxygens (including phenoxy) is 1. The standard InChI is InChI=1S/C17H30BNO4/c1-14(2,3)21-13(20)19-17(10-11-17)9-8-12-18-22-15(4,5)16(6,7)23-18/h8,12H,9-11H2,1-7H3,(H,19,20)/b12-8+. The minimum absolute atomic E-state index is 0.164. The first-order valence-corrected chi connectivity index (χ1v) is 8.38. The van der Waals surface area contributed by atoms with Crippen molar-refractivity contribution < 1.29 is 18.8 Å². The van der Waals surface area contributed by atoms with Crippen molar-refractivity contribution in [1.82, 2.24) is 5.32 Å². The minimum Gasteiger partial charge on any atom is -0.444 e. The maximum Gasteiger partial charge on any atom is 0.486 e. The molecule has 5 nitrogen and oxygen atoms in total. The van der Waals surface area contributed by atoms with Crippen LogP contribution < -0.4 is 5.32 Å². The average Bonchev–Trinajstić information content (AvgIpc) is 2.99. The van der Waals surface area contributed by atoms with Gasteiger partial charge >= 0.3 is 13.2 Å². The van der Waals surface area contributed by atoms with Crippen molar-refractivity contribution in [2.45, 2.75) is 90.1 Å². The zero-order valence-corrected chi connectivity index (χ0v) is 15.5. The van der Waals surface area contributed by atoms with Gasteiger partial charge in [0.25, 0.3) is 0 Å². The lowest BCUT2D eigenvalue weighted by Gasteiger charge is -2.32. The molecule has 0 aromatic heterocycles. The molecule has 2 fully saturated rings. The fourth-order valence-corrected chi connectivity index (χ4v) is 2.42. The van der Waals surface area contributed by atoms with Crippen LogP contribution in [0.1, 0.15) is 67.7 Å². The number of amides is 1. The zero-order chi connectivity index (χ0) is 17.5. The van der Waals surface area contributed by atoms with Crippen molar-refractivity contribution in [3.8, 4) is 0 Å². The lowest BCUT2D eigenvalue weighted by atomic mass is 9.89. The van der Waals surface area contributed by atoms with Crippen molar-refractivity contribution in [3.05, 3.63) is 12.1 Å². The Bertz CT molecular complexity index is 473. The number of hydrogen-bond acceptors (Lipinski definition) is 4. The van der Waals surface area contributed by atoms with E-state index in [2.05, 4.69) is 5.32 Å². The highest BCUT2D eigenvalue weighted by molar-refractivity contribution is 6.51. The Kier molecular flexibility index (Phi) is 4.64. The van der Waals surface area contributed by atoms with Gasteiger partial charge in [-0.1, -0.05) is 12.1 Å². The van der Waals surface area contributed by atoms with Gasteiger partial charge in [-0.3, -0.25) is 0 Å². The Morgan fingerprint density at radius 3 is 2.13 bits per heavy atom. The van der Waals surface area contributed by atoms with Gasteiger partial charge in [0.05, 0.1) is 11.2 Å². The number of hydrogen-bond donors (Lipinski definition) is 1. The molecule has 0 aromatic rings. The third-order valence-electron chi connectivity index (χ3n) is 4.69. The highest BCUT2D eigenvalue weighted by Gasteiger charge is 2.50. The van der Waals surface area contributed by atoms with E-state index < -0.39 is 5.60 Å². The summed E-state index contributed by atoms with van der Waals surface area (Å²) in [6, 6.07) is 0. The number of carbonyl (C=O) groups excluding carboxylic acids is 1. The van der Waals surface area contributed by atoms with Crippen molar-refractivity contribution in [2.24, 2.45) is 0 Å². The van der Waals surface area contributed by atoms with Gasteiger partial charge in [0.1, 0.15) is 5.60 Å². The van der Waals surface area contributed by atoms with Crippen molar-refractivity contribution in [1.29, 1.82) is 0 Å². The molecule has 0 spiro atoms. The van der Waals surface area contributed by atoms with Crippen LogP contribution in [0.25, 0.3) is 0 Å². The lowest BCUT2D eigenvalue weighted by Crippen LogP contribution is -2.41. The van der Waals surface area contributed by atoms with E-state index in [4.69, 9.17) is 14.0 Å². The Balaban J connectivity index is 1.83. The van der Waals surface area contributed by atoms with Gasteiger partial charge < -0.3 is 19.4 Å². The molecule has 0 radical (unpaired) electrons. The number of nitrogens with one attached hydrogen (secondary N) is 1. The molecule has 1 saturated carbocycles. The number of alkyl carbamates (subject to hydrolysis) is 1. The first-order chi connectivity index (χ1) is 10.3.